The zero-order chi connectivity index (χ0) is 15.2. The predicted octanol–water partition coefficient (Wildman–Crippen LogP) is 0.589. The first-order valence-corrected chi connectivity index (χ1v) is 8.87. The van der Waals surface area contributed by atoms with Crippen molar-refractivity contribution in [2.45, 2.75) is 39.7 Å². The average Bonchev–Trinajstić information content (AvgIpc) is 2.37. The van der Waals surface area contributed by atoms with Crippen molar-refractivity contribution in [1.29, 1.82) is 0 Å². The number of hydrogen-bond acceptors (Lipinski definition) is 4. The van der Waals surface area contributed by atoms with Gasteiger partial charge in [0.1, 0.15) is 6.04 Å². The highest BCUT2D eigenvalue weighted by molar-refractivity contribution is 7.89. The van der Waals surface area contributed by atoms with Gasteiger partial charge in [0.15, 0.2) is 0 Å². The molecule has 1 amide bonds. The van der Waals surface area contributed by atoms with Crippen molar-refractivity contribution in [3.8, 4) is 0 Å². The van der Waals surface area contributed by atoms with Crippen LogP contribution in [0.2, 0.25) is 0 Å². The fourth-order valence-corrected chi connectivity index (χ4v) is 3.51. The summed E-state index contributed by atoms with van der Waals surface area (Å²) in [6.45, 7) is 7.86. The highest BCUT2D eigenvalue weighted by atomic mass is 32.2. The molecule has 0 bridgehead atoms. The Morgan fingerprint density at radius 1 is 1.30 bits per heavy atom. The molecule has 1 atom stereocenters. The summed E-state index contributed by atoms with van der Waals surface area (Å²) in [5.41, 5.74) is 0. The molecule has 7 heteroatoms. The zero-order valence-corrected chi connectivity index (χ0v) is 13.4. The van der Waals surface area contributed by atoms with Crippen molar-refractivity contribution in [2.24, 2.45) is 5.92 Å². The number of morpholine rings is 1. The molecule has 0 aliphatic carbocycles. The van der Waals surface area contributed by atoms with E-state index in [0.717, 1.165) is 0 Å². The van der Waals surface area contributed by atoms with Gasteiger partial charge >= 0.3 is 0 Å². The molecule has 0 aromatic carbocycles. The monoisotopic (exact) mass is 306 g/mol. The predicted molar refractivity (Wildman–Crippen MR) is 77.9 cm³/mol. The summed E-state index contributed by atoms with van der Waals surface area (Å²) in [5, 5.41) is 0. The Bertz CT molecular complexity index is 403. The normalized spacial score (nSPS) is 18.3. The van der Waals surface area contributed by atoms with E-state index in [1.807, 2.05) is 13.8 Å². The third kappa shape index (κ3) is 5.76. The number of ether oxygens (including phenoxy) is 1. The average molecular weight is 306 g/mol. The summed E-state index contributed by atoms with van der Waals surface area (Å²) < 4.78 is 31.6. The molecule has 0 aromatic rings. The van der Waals surface area contributed by atoms with Crippen LogP contribution in [0.1, 0.15) is 33.6 Å². The van der Waals surface area contributed by atoms with Gasteiger partial charge in [0.05, 0.1) is 19.0 Å². The molecule has 1 rings (SSSR count). The molecule has 1 aliphatic heterocycles. The molecule has 1 aliphatic rings. The second kappa shape index (κ2) is 7.95. The SMILES string of the molecule is CCCS(=O)(=O)N[C@H](CC(C)C)C(=O)N1CCOCC1. The summed E-state index contributed by atoms with van der Waals surface area (Å²) in [6.07, 6.45) is 1.05. The van der Waals surface area contributed by atoms with Crippen LogP contribution < -0.4 is 4.72 Å². The first-order valence-electron chi connectivity index (χ1n) is 7.22. The summed E-state index contributed by atoms with van der Waals surface area (Å²) in [4.78, 5) is 14.1. The number of amides is 1. The van der Waals surface area contributed by atoms with Gasteiger partial charge in [-0.1, -0.05) is 20.8 Å². The fraction of sp³-hybridized carbons (Fsp3) is 0.923. The first kappa shape index (κ1) is 17.4. The molecule has 0 radical (unpaired) electrons. The van der Waals surface area contributed by atoms with Gasteiger partial charge in [-0.15, -0.1) is 0 Å². The van der Waals surface area contributed by atoms with Gasteiger partial charge < -0.3 is 9.64 Å². The molecular formula is C13H26N2O4S. The minimum absolute atomic E-state index is 0.0536. The van der Waals surface area contributed by atoms with Crippen LogP contribution in [0.25, 0.3) is 0 Å². The number of carbonyl (C=O) groups is 1. The van der Waals surface area contributed by atoms with E-state index in [-0.39, 0.29) is 17.6 Å². The summed E-state index contributed by atoms with van der Waals surface area (Å²) in [5.74, 6) is 0.161. The molecule has 0 aromatic heterocycles. The number of rotatable bonds is 7. The maximum atomic E-state index is 12.5. The van der Waals surface area contributed by atoms with Crippen molar-refractivity contribution in [3.63, 3.8) is 0 Å². The fourth-order valence-electron chi connectivity index (χ4n) is 2.22. The lowest BCUT2D eigenvalue weighted by Gasteiger charge is -2.31. The van der Waals surface area contributed by atoms with Crippen LogP contribution in [-0.2, 0) is 19.6 Å². The molecular weight excluding hydrogens is 280 g/mol. The smallest absolute Gasteiger partial charge is 0.240 e. The molecule has 20 heavy (non-hydrogen) atoms. The van der Waals surface area contributed by atoms with Crippen LogP contribution in [0.4, 0.5) is 0 Å². The minimum Gasteiger partial charge on any atom is -0.378 e. The van der Waals surface area contributed by atoms with Gasteiger partial charge in [-0.3, -0.25) is 4.79 Å². The summed E-state index contributed by atoms with van der Waals surface area (Å²) in [6, 6.07) is -0.662. The number of nitrogens with zero attached hydrogens (tertiary/aromatic N) is 1. The van der Waals surface area contributed by atoms with E-state index in [1.165, 1.54) is 0 Å². The van der Waals surface area contributed by atoms with Crippen molar-refractivity contribution in [1.82, 2.24) is 9.62 Å². The number of carbonyl (C=O) groups excluding carboxylic acids is 1. The maximum Gasteiger partial charge on any atom is 0.240 e. The standard InChI is InChI=1S/C13H26N2O4S/c1-4-9-20(17,18)14-12(10-11(2)3)13(16)15-5-7-19-8-6-15/h11-12,14H,4-10H2,1-3H3/t12-/m1/s1. The molecule has 118 valence electrons. The Labute approximate surface area is 121 Å². The molecule has 1 saturated heterocycles. The second-order valence-corrected chi connectivity index (χ2v) is 7.43. The molecule has 0 unspecified atom stereocenters. The third-order valence-electron chi connectivity index (χ3n) is 3.12. The Hall–Kier alpha value is -0.660. The van der Waals surface area contributed by atoms with E-state index >= 15 is 0 Å². The number of hydrogen-bond donors (Lipinski definition) is 1. The topological polar surface area (TPSA) is 75.7 Å². The van der Waals surface area contributed by atoms with Crippen molar-refractivity contribution < 1.29 is 17.9 Å². The van der Waals surface area contributed by atoms with E-state index < -0.39 is 16.1 Å². The molecule has 6 nitrogen and oxygen atoms in total. The lowest BCUT2D eigenvalue weighted by Crippen LogP contribution is -2.52. The van der Waals surface area contributed by atoms with E-state index in [9.17, 15) is 13.2 Å². The first-order chi connectivity index (χ1) is 9.35. The lowest BCUT2D eigenvalue weighted by molar-refractivity contribution is -0.137. The van der Waals surface area contributed by atoms with Gasteiger partial charge in [0.25, 0.3) is 0 Å². The van der Waals surface area contributed by atoms with Crippen molar-refractivity contribution in [3.05, 3.63) is 0 Å². The van der Waals surface area contributed by atoms with Crippen molar-refractivity contribution >= 4 is 15.9 Å². The summed E-state index contributed by atoms with van der Waals surface area (Å²) in [7, 11) is -3.39. The highest BCUT2D eigenvalue weighted by Gasteiger charge is 2.29. The van der Waals surface area contributed by atoms with E-state index in [1.54, 1.807) is 11.8 Å². The number of sulfonamides is 1. The van der Waals surface area contributed by atoms with Crippen LogP contribution in [-0.4, -0.2) is 57.3 Å². The molecule has 1 heterocycles. The molecule has 0 saturated carbocycles. The van der Waals surface area contributed by atoms with Gasteiger partial charge in [-0.05, 0) is 18.8 Å². The molecule has 1 N–H and O–H groups in total. The highest BCUT2D eigenvalue weighted by Crippen LogP contribution is 2.11. The van der Waals surface area contributed by atoms with Crippen LogP contribution in [0, 0.1) is 5.92 Å². The minimum atomic E-state index is -3.39. The quantitative estimate of drug-likeness (QED) is 0.747. The van der Waals surface area contributed by atoms with Gasteiger partial charge in [-0.2, -0.15) is 0 Å². The maximum absolute atomic E-state index is 12.5. The Morgan fingerprint density at radius 3 is 2.40 bits per heavy atom. The van der Waals surface area contributed by atoms with Gasteiger partial charge in [0.2, 0.25) is 15.9 Å². The van der Waals surface area contributed by atoms with Gasteiger partial charge in [0, 0.05) is 13.1 Å². The van der Waals surface area contributed by atoms with Crippen LogP contribution >= 0.6 is 0 Å². The largest absolute Gasteiger partial charge is 0.378 e. The van der Waals surface area contributed by atoms with Crippen molar-refractivity contribution in [2.75, 3.05) is 32.1 Å². The molecule has 0 spiro atoms. The molecule has 1 fully saturated rings. The zero-order valence-electron chi connectivity index (χ0n) is 12.6. The number of nitrogens with one attached hydrogen (secondary N) is 1. The van der Waals surface area contributed by atoms with Crippen LogP contribution in [0.3, 0.4) is 0 Å². The summed E-state index contributed by atoms with van der Waals surface area (Å²) >= 11 is 0. The third-order valence-corrected chi connectivity index (χ3v) is 4.71. The van der Waals surface area contributed by atoms with E-state index in [2.05, 4.69) is 4.72 Å². The Morgan fingerprint density at radius 2 is 1.90 bits per heavy atom. The Balaban J connectivity index is 2.74. The van der Waals surface area contributed by atoms with Gasteiger partial charge in [-0.25, -0.2) is 13.1 Å². The van der Waals surface area contributed by atoms with E-state index in [0.29, 0.717) is 39.1 Å². The lowest BCUT2D eigenvalue weighted by atomic mass is 10.0. The van der Waals surface area contributed by atoms with Crippen LogP contribution in [0.5, 0.6) is 0 Å². The van der Waals surface area contributed by atoms with E-state index in [4.69, 9.17) is 4.74 Å². The Kier molecular flexibility index (Phi) is 6.91. The van der Waals surface area contributed by atoms with Crippen LogP contribution in [0.15, 0.2) is 0 Å². The second-order valence-electron chi connectivity index (χ2n) is 5.56.